The molecule has 0 amide bonds. The predicted octanol–water partition coefficient (Wildman–Crippen LogP) is 3.27. The second kappa shape index (κ2) is 5.85. The molecule has 0 unspecified atom stereocenters. The fourth-order valence-corrected chi connectivity index (χ4v) is 1.70. The minimum atomic E-state index is -0.849. The van der Waals surface area contributed by atoms with Crippen LogP contribution < -0.4 is 4.74 Å². The van der Waals surface area contributed by atoms with Gasteiger partial charge in [-0.1, -0.05) is 20.8 Å². The molecule has 0 radical (unpaired) electrons. The zero-order valence-electron chi connectivity index (χ0n) is 11.0. The Hall–Kier alpha value is -1.58. The molecule has 1 aromatic rings. The second-order valence-corrected chi connectivity index (χ2v) is 5.13. The zero-order valence-corrected chi connectivity index (χ0v) is 11.0. The number of ether oxygens (including phenoxy) is 1. The van der Waals surface area contributed by atoms with Crippen LogP contribution in [0.3, 0.4) is 0 Å². The summed E-state index contributed by atoms with van der Waals surface area (Å²) in [5, 5.41) is 8.78. The maximum Gasteiger partial charge on any atom is 0.304 e. The number of rotatable bonds is 6. The number of carboxylic acid groups (broad SMARTS) is 1. The van der Waals surface area contributed by atoms with Crippen molar-refractivity contribution in [1.82, 2.24) is 0 Å². The molecule has 0 heterocycles. The van der Waals surface area contributed by atoms with Gasteiger partial charge in [0.1, 0.15) is 11.6 Å². The second-order valence-electron chi connectivity index (χ2n) is 5.13. The Kier molecular flexibility index (Phi) is 4.70. The first kappa shape index (κ1) is 14.5. The molecular weight excluding hydrogens is 235 g/mol. The molecule has 0 aromatic heterocycles. The van der Waals surface area contributed by atoms with E-state index in [0.29, 0.717) is 12.2 Å². The number of carbonyl (C=O) groups is 1. The lowest BCUT2D eigenvalue weighted by Gasteiger charge is -2.23. The molecule has 0 saturated heterocycles. The molecule has 0 aliphatic carbocycles. The number of hydrogen-bond acceptors (Lipinski definition) is 2. The average Bonchev–Trinajstić information content (AvgIpc) is 2.25. The lowest BCUT2D eigenvalue weighted by Crippen LogP contribution is -2.25. The topological polar surface area (TPSA) is 46.5 Å². The number of aliphatic carboxylic acids is 1. The third-order valence-electron chi connectivity index (χ3n) is 2.65. The summed E-state index contributed by atoms with van der Waals surface area (Å²) in [5.74, 6) is -0.514. The third-order valence-corrected chi connectivity index (χ3v) is 2.65. The number of carboxylic acids is 1. The van der Waals surface area contributed by atoms with Crippen LogP contribution in [0.5, 0.6) is 5.75 Å². The van der Waals surface area contributed by atoms with Gasteiger partial charge in [-0.25, -0.2) is 4.39 Å². The van der Waals surface area contributed by atoms with Gasteiger partial charge >= 0.3 is 5.97 Å². The highest BCUT2D eigenvalue weighted by Gasteiger charge is 2.23. The van der Waals surface area contributed by atoms with Gasteiger partial charge in [0.25, 0.3) is 0 Å². The summed E-state index contributed by atoms with van der Waals surface area (Å²) >= 11 is 0. The van der Waals surface area contributed by atoms with Crippen LogP contribution in [-0.2, 0) is 11.2 Å². The minimum Gasteiger partial charge on any atom is -0.493 e. The molecule has 0 atom stereocenters. The van der Waals surface area contributed by atoms with Crippen molar-refractivity contribution in [1.29, 1.82) is 0 Å². The number of halogens is 1. The largest absolute Gasteiger partial charge is 0.493 e. The van der Waals surface area contributed by atoms with E-state index in [1.807, 2.05) is 20.8 Å². The Morgan fingerprint density at radius 1 is 1.44 bits per heavy atom. The lowest BCUT2D eigenvalue weighted by molar-refractivity contribution is -0.139. The molecule has 0 bridgehead atoms. The maximum absolute atomic E-state index is 13.0. The number of hydrogen-bond donors (Lipinski definition) is 1. The van der Waals surface area contributed by atoms with Gasteiger partial charge in [0.2, 0.25) is 0 Å². The summed E-state index contributed by atoms with van der Waals surface area (Å²) in [5.41, 5.74) is 0.340. The van der Waals surface area contributed by atoms with Gasteiger partial charge in [0.15, 0.2) is 0 Å². The summed E-state index contributed by atoms with van der Waals surface area (Å²) in [4.78, 5) is 10.7. The Morgan fingerprint density at radius 3 is 2.67 bits per heavy atom. The van der Waals surface area contributed by atoms with E-state index in [2.05, 4.69) is 0 Å². The molecule has 0 fully saturated rings. The normalized spacial score (nSPS) is 11.3. The Morgan fingerprint density at radius 2 is 2.11 bits per heavy atom. The highest BCUT2D eigenvalue weighted by Crippen LogP contribution is 2.25. The van der Waals surface area contributed by atoms with Gasteiger partial charge in [-0.2, -0.15) is 0 Å². The standard InChI is InChI=1S/C14H19FO3/c1-4-10-7-11(15)5-6-12(10)18-9-14(2,3)8-13(16)17/h5-7H,4,8-9H2,1-3H3,(H,16,17). The monoisotopic (exact) mass is 254 g/mol. The van der Waals surface area contributed by atoms with Gasteiger partial charge in [-0.05, 0) is 30.2 Å². The molecule has 0 aliphatic heterocycles. The van der Waals surface area contributed by atoms with Crippen molar-refractivity contribution >= 4 is 5.97 Å². The van der Waals surface area contributed by atoms with E-state index in [9.17, 15) is 9.18 Å². The van der Waals surface area contributed by atoms with Crippen molar-refractivity contribution in [2.45, 2.75) is 33.6 Å². The van der Waals surface area contributed by atoms with Crippen LogP contribution in [0.1, 0.15) is 32.8 Å². The van der Waals surface area contributed by atoms with E-state index in [1.165, 1.54) is 12.1 Å². The number of benzene rings is 1. The Labute approximate surface area is 107 Å². The highest BCUT2D eigenvalue weighted by atomic mass is 19.1. The van der Waals surface area contributed by atoms with Crippen molar-refractivity contribution in [2.75, 3.05) is 6.61 Å². The van der Waals surface area contributed by atoms with Crippen molar-refractivity contribution in [3.8, 4) is 5.75 Å². The van der Waals surface area contributed by atoms with Gasteiger partial charge in [0.05, 0.1) is 13.0 Å². The van der Waals surface area contributed by atoms with E-state index in [0.717, 1.165) is 5.56 Å². The molecule has 1 N–H and O–H groups in total. The van der Waals surface area contributed by atoms with Gasteiger partial charge in [-0.15, -0.1) is 0 Å². The molecule has 100 valence electrons. The molecule has 1 rings (SSSR count). The molecule has 0 aliphatic rings. The molecule has 4 heteroatoms. The third kappa shape index (κ3) is 4.35. The maximum atomic E-state index is 13.0. The SMILES string of the molecule is CCc1cc(F)ccc1OCC(C)(C)CC(=O)O. The summed E-state index contributed by atoms with van der Waals surface area (Å²) in [6.07, 6.45) is 0.710. The first-order valence-corrected chi connectivity index (χ1v) is 5.97. The highest BCUT2D eigenvalue weighted by molar-refractivity contribution is 5.67. The van der Waals surface area contributed by atoms with Crippen LogP contribution in [0.15, 0.2) is 18.2 Å². The first-order chi connectivity index (χ1) is 8.34. The van der Waals surface area contributed by atoms with Crippen LogP contribution in [0, 0.1) is 11.2 Å². The van der Waals surface area contributed by atoms with Gasteiger partial charge in [-0.3, -0.25) is 4.79 Å². The van der Waals surface area contributed by atoms with E-state index < -0.39 is 11.4 Å². The summed E-state index contributed by atoms with van der Waals surface area (Å²) in [6.45, 7) is 5.87. The lowest BCUT2D eigenvalue weighted by atomic mass is 9.90. The van der Waals surface area contributed by atoms with Crippen LogP contribution in [0.4, 0.5) is 4.39 Å². The van der Waals surface area contributed by atoms with Crippen LogP contribution in [-0.4, -0.2) is 17.7 Å². The van der Waals surface area contributed by atoms with E-state index in [1.54, 1.807) is 6.07 Å². The summed E-state index contributed by atoms with van der Waals surface area (Å²) in [7, 11) is 0. The van der Waals surface area contributed by atoms with Gasteiger partial charge < -0.3 is 9.84 Å². The molecule has 1 aromatic carbocycles. The molecule has 0 saturated carbocycles. The van der Waals surface area contributed by atoms with E-state index in [4.69, 9.17) is 9.84 Å². The van der Waals surface area contributed by atoms with Crippen LogP contribution in [0.2, 0.25) is 0 Å². The van der Waals surface area contributed by atoms with Crippen molar-refractivity contribution in [3.63, 3.8) is 0 Å². The fraction of sp³-hybridized carbons (Fsp3) is 0.500. The number of aryl methyl sites for hydroxylation is 1. The minimum absolute atomic E-state index is 0.0374. The van der Waals surface area contributed by atoms with Crippen LogP contribution >= 0.6 is 0 Å². The van der Waals surface area contributed by atoms with Crippen LogP contribution in [0.25, 0.3) is 0 Å². The van der Waals surface area contributed by atoms with E-state index in [-0.39, 0.29) is 18.8 Å². The predicted molar refractivity (Wildman–Crippen MR) is 67.3 cm³/mol. The zero-order chi connectivity index (χ0) is 13.8. The molecule has 0 spiro atoms. The summed E-state index contributed by atoms with van der Waals surface area (Å²) in [6, 6.07) is 4.38. The smallest absolute Gasteiger partial charge is 0.304 e. The molecule has 3 nitrogen and oxygen atoms in total. The average molecular weight is 254 g/mol. The van der Waals surface area contributed by atoms with E-state index >= 15 is 0 Å². The van der Waals surface area contributed by atoms with Crippen molar-refractivity contribution in [3.05, 3.63) is 29.6 Å². The Bertz CT molecular complexity index is 427. The quantitative estimate of drug-likeness (QED) is 0.847. The Balaban J connectivity index is 2.71. The van der Waals surface area contributed by atoms with Gasteiger partial charge in [0, 0.05) is 5.41 Å². The molecular formula is C14H19FO3. The fourth-order valence-electron chi connectivity index (χ4n) is 1.70. The molecule has 18 heavy (non-hydrogen) atoms. The van der Waals surface area contributed by atoms with Crippen molar-refractivity contribution < 1.29 is 19.0 Å². The summed E-state index contributed by atoms with van der Waals surface area (Å²) < 4.78 is 18.7. The van der Waals surface area contributed by atoms with Crippen molar-refractivity contribution in [2.24, 2.45) is 5.41 Å². The first-order valence-electron chi connectivity index (χ1n) is 5.97.